The first kappa shape index (κ1) is 23.5. The number of nitrogens with one attached hydrogen (secondary N) is 1. The van der Waals surface area contributed by atoms with Crippen LogP contribution in [0.4, 0.5) is 13.2 Å². The molecule has 0 aromatic heterocycles. The van der Waals surface area contributed by atoms with Crippen LogP contribution in [0.2, 0.25) is 0 Å². The summed E-state index contributed by atoms with van der Waals surface area (Å²) in [6, 6.07) is 21.2. The van der Waals surface area contributed by atoms with Gasteiger partial charge in [0, 0.05) is 5.41 Å². The minimum atomic E-state index is -4.47. The first-order valence-electron chi connectivity index (χ1n) is 11.2. The van der Waals surface area contributed by atoms with Crippen molar-refractivity contribution in [2.75, 3.05) is 19.7 Å². The molecule has 2 N–H and O–H groups in total. The van der Waals surface area contributed by atoms with Crippen molar-refractivity contribution in [3.05, 3.63) is 95.1 Å². The molecular weight excluding hydrogens is 427 g/mol. The number of halogens is 3. The van der Waals surface area contributed by atoms with Crippen molar-refractivity contribution in [1.29, 1.82) is 0 Å². The van der Waals surface area contributed by atoms with E-state index in [1.807, 2.05) is 18.2 Å². The molecule has 1 aliphatic rings. The third-order valence-electron chi connectivity index (χ3n) is 6.41. The second kappa shape index (κ2) is 10.1. The lowest BCUT2D eigenvalue weighted by molar-refractivity contribution is -0.137. The fourth-order valence-electron chi connectivity index (χ4n) is 4.61. The Morgan fingerprint density at radius 3 is 2.30 bits per heavy atom. The van der Waals surface area contributed by atoms with Gasteiger partial charge < -0.3 is 15.2 Å². The average molecular weight is 456 g/mol. The Hall–Kier alpha value is -2.67. The fraction of sp³-hybridized carbons (Fsp3) is 0.333. The summed E-state index contributed by atoms with van der Waals surface area (Å²) in [5.41, 5.74) is 2.39. The molecule has 1 fully saturated rings. The topological polar surface area (TPSA) is 41.5 Å². The summed E-state index contributed by atoms with van der Waals surface area (Å²) in [7, 11) is 0. The highest BCUT2D eigenvalue weighted by molar-refractivity contribution is 5.69. The summed E-state index contributed by atoms with van der Waals surface area (Å²) in [6.07, 6.45) is -2.65. The first-order chi connectivity index (χ1) is 15.9. The van der Waals surface area contributed by atoms with E-state index in [-0.39, 0.29) is 18.6 Å². The highest BCUT2D eigenvalue weighted by Crippen LogP contribution is 2.36. The van der Waals surface area contributed by atoms with Gasteiger partial charge in [-0.1, -0.05) is 54.6 Å². The minimum absolute atomic E-state index is 0.0836. The maximum atomic E-state index is 13.6. The number of aliphatic hydroxyl groups is 1. The Balaban J connectivity index is 1.60. The SMILES string of the molecule is OCc1ccccc1-c1cc(COCC2(c3ccccc3)CCNCC2)cc(C(F)(F)F)c1. The zero-order valence-electron chi connectivity index (χ0n) is 18.4. The van der Waals surface area contributed by atoms with Crippen LogP contribution < -0.4 is 5.32 Å². The molecule has 1 aliphatic heterocycles. The number of alkyl halides is 3. The van der Waals surface area contributed by atoms with Crippen LogP contribution in [0.25, 0.3) is 11.1 Å². The maximum absolute atomic E-state index is 13.6. The summed E-state index contributed by atoms with van der Waals surface area (Å²) in [6.45, 7) is 2.04. The van der Waals surface area contributed by atoms with Gasteiger partial charge in [-0.2, -0.15) is 13.2 Å². The van der Waals surface area contributed by atoms with E-state index in [0.717, 1.165) is 38.1 Å². The molecule has 3 aromatic rings. The lowest BCUT2D eigenvalue weighted by Crippen LogP contribution is -2.43. The average Bonchev–Trinajstić information content (AvgIpc) is 2.84. The second-order valence-corrected chi connectivity index (χ2v) is 8.62. The molecule has 0 atom stereocenters. The Bertz CT molecular complexity index is 1060. The van der Waals surface area contributed by atoms with Crippen molar-refractivity contribution in [2.45, 2.75) is 37.6 Å². The molecule has 0 amide bonds. The lowest BCUT2D eigenvalue weighted by Gasteiger charge is -2.38. The first-order valence-corrected chi connectivity index (χ1v) is 11.2. The van der Waals surface area contributed by atoms with Crippen LogP contribution in [0, 0.1) is 0 Å². The molecule has 33 heavy (non-hydrogen) atoms. The number of hydrogen-bond acceptors (Lipinski definition) is 3. The number of piperidine rings is 1. The number of aliphatic hydroxyl groups excluding tert-OH is 1. The van der Waals surface area contributed by atoms with E-state index >= 15 is 0 Å². The van der Waals surface area contributed by atoms with Crippen LogP contribution >= 0.6 is 0 Å². The van der Waals surface area contributed by atoms with Gasteiger partial charge in [0.1, 0.15) is 0 Å². The van der Waals surface area contributed by atoms with Gasteiger partial charge >= 0.3 is 6.18 Å². The number of rotatable bonds is 7. The molecule has 0 spiro atoms. The quantitative estimate of drug-likeness (QED) is 0.480. The van der Waals surface area contributed by atoms with Gasteiger partial charge in [-0.3, -0.25) is 0 Å². The van der Waals surface area contributed by atoms with E-state index in [9.17, 15) is 18.3 Å². The second-order valence-electron chi connectivity index (χ2n) is 8.62. The molecule has 1 heterocycles. The molecule has 1 saturated heterocycles. The van der Waals surface area contributed by atoms with Gasteiger partial charge in [0.2, 0.25) is 0 Å². The highest BCUT2D eigenvalue weighted by Gasteiger charge is 2.34. The number of hydrogen-bond donors (Lipinski definition) is 2. The van der Waals surface area contributed by atoms with Crippen LogP contribution in [0.3, 0.4) is 0 Å². The van der Waals surface area contributed by atoms with Crippen LogP contribution in [-0.2, 0) is 29.5 Å². The van der Waals surface area contributed by atoms with Gasteiger partial charge in [0.05, 0.1) is 25.4 Å². The van der Waals surface area contributed by atoms with E-state index < -0.39 is 11.7 Å². The summed E-state index contributed by atoms with van der Waals surface area (Å²) >= 11 is 0. The molecule has 174 valence electrons. The molecule has 0 unspecified atom stereocenters. The third-order valence-corrected chi connectivity index (χ3v) is 6.41. The molecule has 0 bridgehead atoms. The van der Waals surface area contributed by atoms with Crippen LogP contribution in [0.5, 0.6) is 0 Å². The number of benzene rings is 3. The van der Waals surface area contributed by atoms with Crippen molar-refractivity contribution in [2.24, 2.45) is 0 Å². The molecule has 4 rings (SSSR count). The molecule has 0 saturated carbocycles. The monoisotopic (exact) mass is 455 g/mol. The normalized spacial score (nSPS) is 16.0. The standard InChI is InChI=1S/C27H28F3NO2/c28-27(29,30)24-15-20(14-22(16-24)25-9-5-4-6-21(25)17-32)18-33-19-26(10-12-31-13-11-26)23-7-2-1-3-8-23/h1-9,14-16,31-32H,10-13,17-19H2. The van der Waals surface area contributed by atoms with E-state index in [4.69, 9.17) is 4.74 Å². The molecule has 3 nitrogen and oxygen atoms in total. The third kappa shape index (κ3) is 5.46. The Morgan fingerprint density at radius 1 is 0.909 bits per heavy atom. The zero-order chi connectivity index (χ0) is 23.3. The van der Waals surface area contributed by atoms with Gasteiger partial charge in [-0.15, -0.1) is 0 Å². The maximum Gasteiger partial charge on any atom is 0.416 e. The van der Waals surface area contributed by atoms with Crippen LogP contribution in [0.1, 0.15) is 35.1 Å². The van der Waals surface area contributed by atoms with E-state index in [1.54, 1.807) is 30.3 Å². The summed E-state index contributed by atoms with van der Waals surface area (Å²) in [4.78, 5) is 0. The zero-order valence-corrected chi connectivity index (χ0v) is 18.4. The Morgan fingerprint density at radius 2 is 1.61 bits per heavy atom. The van der Waals surface area contributed by atoms with Crippen molar-refractivity contribution in [1.82, 2.24) is 5.32 Å². The van der Waals surface area contributed by atoms with E-state index in [0.29, 0.717) is 28.9 Å². The summed E-state index contributed by atoms with van der Waals surface area (Å²) in [5.74, 6) is 0. The molecule has 0 radical (unpaired) electrons. The van der Waals surface area contributed by atoms with Crippen molar-refractivity contribution >= 4 is 0 Å². The molecule has 0 aliphatic carbocycles. The van der Waals surface area contributed by atoms with Crippen LogP contribution in [-0.4, -0.2) is 24.8 Å². The van der Waals surface area contributed by atoms with Gasteiger partial charge in [0.15, 0.2) is 0 Å². The summed E-state index contributed by atoms with van der Waals surface area (Å²) in [5, 5.41) is 13.0. The Kier molecular flexibility index (Phi) is 7.17. The van der Waals surface area contributed by atoms with Crippen molar-refractivity contribution < 1.29 is 23.0 Å². The van der Waals surface area contributed by atoms with Gasteiger partial charge in [0.25, 0.3) is 0 Å². The Labute approximate surface area is 192 Å². The highest BCUT2D eigenvalue weighted by atomic mass is 19.4. The minimum Gasteiger partial charge on any atom is -0.392 e. The largest absolute Gasteiger partial charge is 0.416 e. The van der Waals surface area contributed by atoms with E-state index in [1.165, 1.54) is 5.56 Å². The van der Waals surface area contributed by atoms with E-state index in [2.05, 4.69) is 17.4 Å². The fourth-order valence-corrected chi connectivity index (χ4v) is 4.61. The summed E-state index contributed by atoms with van der Waals surface area (Å²) < 4.78 is 47.0. The smallest absolute Gasteiger partial charge is 0.392 e. The van der Waals surface area contributed by atoms with Crippen LogP contribution in [0.15, 0.2) is 72.8 Å². The van der Waals surface area contributed by atoms with Gasteiger partial charge in [-0.25, -0.2) is 0 Å². The van der Waals surface area contributed by atoms with Gasteiger partial charge in [-0.05, 0) is 71.9 Å². The molecule has 3 aromatic carbocycles. The van der Waals surface area contributed by atoms with Crippen molar-refractivity contribution in [3.8, 4) is 11.1 Å². The predicted octanol–water partition coefficient (Wildman–Crippen LogP) is 5.70. The lowest BCUT2D eigenvalue weighted by atomic mass is 9.74. The number of ether oxygens (including phenoxy) is 1. The predicted molar refractivity (Wildman–Crippen MR) is 123 cm³/mol. The molecule has 6 heteroatoms. The molecular formula is C27H28F3NO2. The van der Waals surface area contributed by atoms with Crippen molar-refractivity contribution in [3.63, 3.8) is 0 Å².